The van der Waals surface area contributed by atoms with Gasteiger partial charge in [-0.1, -0.05) is 61.7 Å². The zero-order valence-corrected chi connectivity index (χ0v) is 16.4. The third-order valence-corrected chi connectivity index (χ3v) is 7.07. The summed E-state index contributed by atoms with van der Waals surface area (Å²) in [7, 11) is 0. The van der Waals surface area contributed by atoms with Gasteiger partial charge in [-0.25, -0.2) is 0 Å². The second-order valence-corrected chi connectivity index (χ2v) is 8.50. The number of thioether (sulfide) groups is 1. The van der Waals surface area contributed by atoms with E-state index in [1.54, 1.807) is 0 Å². The summed E-state index contributed by atoms with van der Waals surface area (Å²) in [6.45, 7) is 0. The van der Waals surface area contributed by atoms with Crippen LogP contribution in [0.4, 0.5) is 0 Å². The van der Waals surface area contributed by atoms with Gasteiger partial charge in [-0.3, -0.25) is 4.79 Å². The van der Waals surface area contributed by atoms with Crippen LogP contribution in [0.3, 0.4) is 0 Å². The Kier molecular flexibility index (Phi) is 5.11. The zero-order valence-electron chi connectivity index (χ0n) is 15.6. The van der Waals surface area contributed by atoms with Crippen LogP contribution >= 0.6 is 11.8 Å². The molecule has 0 radical (unpaired) electrons. The van der Waals surface area contributed by atoms with Crippen LogP contribution in [0, 0.1) is 34.0 Å². The maximum atomic E-state index is 12.7. The minimum atomic E-state index is -0.774. The second-order valence-electron chi connectivity index (χ2n) is 7.51. The van der Waals surface area contributed by atoms with E-state index in [2.05, 4.69) is 41.7 Å². The van der Waals surface area contributed by atoms with Crippen molar-refractivity contribution in [2.45, 2.75) is 37.9 Å². The molecule has 1 aliphatic carbocycles. The van der Waals surface area contributed by atoms with Crippen molar-refractivity contribution < 1.29 is 4.79 Å². The highest BCUT2D eigenvalue weighted by Crippen LogP contribution is 2.52. The van der Waals surface area contributed by atoms with Crippen LogP contribution in [0.2, 0.25) is 0 Å². The van der Waals surface area contributed by atoms with E-state index in [9.17, 15) is 15.3 Å². The molecule has 2 aromatic carbocycles. The number of nitriles is 2. The summed E-state index contributed by atoms with van der Waals surface area (Å²) in [6, 6.07) is 19.0. The smallest absolute Gasteiger partial charge is 0.243 e. The van der Waals surface area contributed by atoms with Crippen molar-refractivity contribution in [2.75, 3.05) is 0 Å². The first-order valence-corrected chi connectivity index (χ1v) is 10.6. The predicted molar refractivity (Wildman–Crippen MR) is 111 cm³/mol. The van der Waals surface area contributed by atoms with Gasteiger partial charge < -0.3 is 5.32 Å². The van der Waals surface area contributed by atoms with Gasteiger partial charge in [0.25, 0.3) is 0 Å². The van der Waals surface area contributed by atoms with Gasteiger partial charge in [0.2, 0.25) is 5.91 Å². The molecule has 1 aliphatic heterocycles. The Morgan fingerprint density at radius 1 is 1.07 bits per heavy atom. The first-order valence-electron chi connectivity index (χ1n) is 9.64. The van der Waals surface area contributed by atoms with Gasteiger partial charge in [-0.15, -0.1) is 11.8 Å². The molecule has 1 saturated carbocycles. The summed E-state index contributed by atoms with van der Waals surface area (Å²) in [4.78, 5) is 12.7. The van der Waals surface area contributed by atoms with Gasteiger partial charge in [0, 0.05) is 11.2 Å². The fourth-order valence-electron chi connectivity index (χ4n) is 4.61. The lowest BCUT2D eigenvalue weighted by atomic mass is 9.61. The van der Waals surface area contributed by atoms with Crippen LogP contribution in [0.5, 0.6) is 0 Å². The molecule has 4 nitrogen and oxygen atoms in total. The van der Waals surface area contributed by atoms with Gasteiger partial charge in [0.1, 0.15) is 5.92 Å². The minimum absolute atomic E-state index is 0.260. The number of nitrogens with one attached hydrogen (secondary N) is 1. The number of amides is 1. The minimum Gasteiger partial charge on any atom is -0.319 e. The van der Waals surface area contributed by atoms with Crippen LogP contribution in [-0.2, 0) is 10.5 Å². The monoisotopic (exact) mass is 387 g/mol. The second kappa shape index (κ2) is 7.70. The van der Waals surface area contributed by atoms with Crippen LogP contribution in [0.1, 0.15) is 37.7 Å². The van der Waals surface area contributed by atoms with Crippen LogP contribution < -0.4 is 5.32 Å². The molecule has 0 saturated heterocycles. The molecular formula is C23H21N3OS. The lowest BCUT2D eigenvalue weighted by molar-refractivity contribution is -0.126. The van der Waals surface area contributed by atoms with Crippen molar-refractivity contribution >= 4 is 28.4 Å². The highest BCUT2D eigenvalue weighted by atomic mass is 32.2. The summed E-state index contributed by atoms with van der Waals surface area (Å²) < 4.78 is 0. The molecule has 1 heterocycles. The Morgan fingerprint density at radius 3 is 2.57 bits per heavy atom. The Morgan fingerprint density at radius 2 is 1.82 bits per heavy atom. The van der Waals surface area contributed by atoms with Gasteiger partial charge in [-0.2, -0.15) is 10.5 Å². The average Bonchev–Trinajstić information content (AvgIpc) is 2.73. The van der Waals surface area contributed by atoms with E-state index in [0.29, 0.717) is 16.4 Å². The maximum absolute atomic E-state index is 12.7. The van der Waals surface area contributed by atoms with Crippen LogP contribution in [0.15, 0.2) is 53.1 Å². The predicted octanol–water partition coefficient (Wildman–Crippen LogP) is 5.03. The van der Waals surface area contributed by atoms with Crippen molar-refractivity contribution in [3.05, 3.63) is 58.6 Å². The van der Waals surface area contributed by atoms with Crippen molar-refractivity contribution in [3.63, 3.8) is 0 Å². The molecule has 28 heavy (non-hydrogen) atoms. The van der Waals surface area contributed by atoms with E-state index < -0.39 is 11.3 Å². The molecule has 2 aliphatic rings. The number of carbonyl (C=O) groups is 1. The van der Waals surface area contributed by atoms with E-state index in [1.807, 2.05) is 18.2 Å². The van der Waals surface area contributed by atoms with E-state index in [1.165, 1.54) is 28.1 Å². The highest BCUT2D eigenvalue weighted by Gasteiger charge is 2.51. The number of fused-ring (bicyclic) bond motifs is 1. The van der Waals surface area contributed by atoms with Crippen LogP contribution in [0.25, 0.3) is 10.8 Å². The van der Waals surface area contributed by atoms with E-state index in [-0.39, 0.29) is 5.91 Å². The molecule has 1 fully saturated rings. The first-order chi connectivity index (χ1) is 13.7. The standard InChI is InChI=1S/C23H21N3OS/c24-13-19-21(27)26-22(20(14-25)23(19)11-4-1-5-12-23)28-15-17-9-6-8-16-7-2-3-10-18(16)17/h2-3,6-10,19H,1,4-5,11-12,15H2,(H,26,27)/t19-/m0/s1. The Hall–Kier alpha value is -2.76. The largest absolute Gasteiger partial charge is 0.319 e. The number of carbonyl (C=O) groups excluding carboxylic acids is 1. The van der Waals surface area contributed by atoms with E-state index >= 15 is 0 Å². The molecule has 1 atom stereocenters. The normalized spacial score (nSPS) is 21.2. The molecule has 1 N–H and O–H groups in total. The molecule has 0 bridgehead atoms. The number of hydrogen-bond acceptors (Lipinski definition) is 4. The third-order valence-electron chi connectivity index (χ3n) is 6.02. The maximum Gasteiger partial charge on any atom is 0.243 e. The molecule has 0 unspecified atom stereocenters. The molecular weight excluding hydrogens is 366 g/mol. The van der Waals surface area contributed by atoms with Crippen molar-refractivity contribution in [2.24, 2.45) is 11.3 Å². The average molecular weight is 388 g/mol. The van der Waals surface area contributed by atoms with Crippen molar-refractivity contribution in [1.82, 2.24) is 5.32 Å². The number of rotatable bonds is 3. The summed E-state index contributed by atoms with van der Waals surface area (Å²) in [5, 5.41) is 25.5. The highest BCUT2D eigenvalue weighted by molar-refractivity contribution is 8.02. The lowest BCUT2D eigenvalue weighted by Crippen LogP contribution is -2.48. The number of hydrogen-bond donors (Lipinski definition) is 1. The summed E-state index contributed by atoms with van der Waals surface area (Å²) in [5.74, 6) is -0.372. The van der Waals surface area contributed by atoms with Crippen LogP contribution in [-0.4, -0.2) is 5.91 Å². The summed E-state index contributed by atoms with van der Waals surface area (Å²) in [6.07, 6.45) is 4.48. The topological polar surface area (TPSA) is 76.7 Å². The van der Waals surface area contributed by atoms with Gasteiger partial charge in [0.15, 0.2) is 0 Å². The SMILES string of the molecule is N#CC1=C(SCc2cccc3ccccc23)NC(=O)[C@H](C#N)C12CCCCC2. The molecule has 5 heteroatoms. The Balaban J connectivity index is 1.70. The van der Waals surface area contributed by atoms with E-state index in [4.69, 9.17) is 0 Å². The van der Waals surface area contributed by atoms with Crippen molar-refractivity contribution in [1.29, 1.82) is 10.5 Å². The molecule has 2 aromatic rings. The Bertz CT molecular complexity index is 1030. The third kappa shape index (κ3) is 3.07. The quantitative estimate of drug-likeness (QED) is 0.801. The van der Waals surface area contributed by atoms with Gasteiger partial charge in [0.05, 0.1) is 22.7 Å². The number of benzene rings is 2. The van der Waals surface area contributed by atoms with Gasteiger partial charge in [-0.05, 0) is 29.2 Å². The molecule has 4 rings (SSSR count). The zero-order chi connectivity index (χ0) is 19.6. The molecule has 1 amide bonds. The number of allylic oxidation sites excluding steroid dienone is 1. The van der Waals surface area contributed by atoms with E-state index in [0.717, 1.165) is 32.1 Å². The fraction of sp³-hybridized carbons (Fsp3) is 0.348. The fourth-order valence-corrected chi connectivity index (χ4v) is 5.73. The first kappa shape index (κ1) is 18.6. The van der Waals surface area contributed by atoms with Gasteiger partial charge >= 0.3 is 0 Å². The number of nitrogens with zero attached hydrogens (tertiary/aromatic N) is 2. The molecule has 140 valence electrons. The molecule has 1 spiro atoms. The summed E-state index contributed by atoms with van der Waals surface area (Å²) >= 11 is 1.50. The Labute approximate surface area is 169 Å². The molecule has 0 aromatic heterocycles. The summed E-state index contributed by atoms with van der Waals surface area (Å²) in [5.41, 5.74) is 1.15. The van der Waals surface area contributed by atoms with Crippen molar-refractivity contribution in [3.8, 4) is 12.1 Å². The lowest BCUT2D eigenvalue weighted by Gasteiger charge is -2.43.